The van der Waals surface area contributed by atoms with Crippen LogP contribution in [0.3, 0.4) is 0 Å². The van der Waals surface area contributed by atoms with Gasteiger partial charge in [0.05, 0.1) is 6.42 Å². The summed E-state index contributed by atoms with van der Waals surface area (Å²) in [5.41, 5.74) is 1.10. The molecule has 0 aliphatic rings. The molecule has 2 rings (SSSR count). The summed E-state index contributed by atoms with van der Waals surface area (Å²) in [5, 5.41) is 4.57. The van der Waals surface area contributed by atoms with E-state index in [4.69, 9.17) is 46.4 Å². The Balaban J connectivity index is 2.40. The largest absolute Gasteiger partial charge is 0.354 e. The second-order valence-electron chi connectivity index (χ2n) is 7.66. The van der Waals surface area contributed by atoms with E-state index in [-0.39, 0.29) is 30.7 Å². The van der Waals surface area contributed by atoms with Crippen LogP contribution < -0.4 is 5.32 Å². The van der Waals surface area contributed by atoms with Crippen molar-refractivity contribution in [1.82, 2.24) is 10.2 Å². The van der Waals surface area contributed by atoms with E-state index < -0.39 is 6.04 Å². The van der Waals surface area contributed by atoms with Crippen LogP contribution in [-0.4, -0.2) is 29.3 Å². The van der Waals surface area contributed by atoms with Gasteiger partial charge in [-0.15, -0.1) is 0 Å². The summed E-state index contributed by atoms with van der Waals surface area (Å²) in [6, 6.07) is 9.52. The molecular weight excluding hydrogens is 478 g/mol. The van der Waals surface area contributed by atoms with Gasteiger partial charge in [-0.2, -0.15) is 0 Å². The maximum atomic E-state index is 13.4. The van der Waals surface area contributed by atoms with Gasteiger partial charge in [-0.1, -0.05) is 79.3 Å². The second kappa shape index (κ2) is 12.0. The zero-order valence-corrected chi connectivity index (χ0v) is 20.7. The standard InChI is InChI=1S/C23H26Cl4N2O2/c1-4-21(23(31)28-12-14(2)3)29(13-16-19(26)9-6-10-20(16)27)22(30)11-15-17(24)7-5-8-18(15)25/h5-10,14,21H,4,11-13H2,1-3H3,(H,28,31). The molecule has 1 atom stereocenters. The van der Waals surface area contributed by atoms with E-state index in [9.17, 15) is 9.59 Å². The molecule has 2 amide bonds. The molecule has 168 valence electrons. The van der Waals surface area contributed by atoms with E-state index >= 15 is 0 Å². The van der Waals surface area contributed by atoms with Gasteiger partial charge in [-0.05, 0) is 42.2 Å². The van der Waals surface area contributed by atoms with E-state index in [0.717, 1.165) is 0 Å². The lowest BCUT2D eigenvalue weighted by atomic mass is 10.1. The van der Waals surface area contributed by atoms with Crippen molar-refractivity contribution in [2.75, 3.05) is 6.54 Å². The van der Waals surface area contributed by atoms with Crippen LogP contribution in [0, 0.1) is 5.92 Å². The third-order valence-electron chi connectivity index (χ3n) is 4.85. The number of hydrogen-bond acceptors (Lipinski definition) is 2. The van der Waals surface area contributed by atoms with Crippen LogP contribution in [0.4, 0.5) is 0 Å². The number of carbonyl (C=O) groups is 2. The first-order chi connectivity index (χ1) is 14.6. The summed E-state index contributed by atoms with van der Waals surface area (Å²) < 4.78 is 0. The van der Waals surface area contributed by atoms with Gasteiger partial charge < -0.3 is 10.2 Å². The minimum absolute atomic E-state index is 0.0471. The van der Waals surface area contributed by atoms with Crippen LogP contribution in [0.15, 0.2) is 36.4 Å². The van der Waals surface area contributed by atoms with Crippen LogP contribution in [-0.2, 0) is 22.6 Å². The molecule has 0 aliphatic carbocycles. The maximum absolute atomic E-state index is 13.4. The molecule has 4 nitrogen and oxygen atoms in total. The van der Waals surface area contributed by atoms with Gasteiger partial charge in [-0.3, -0.25) is 9.59 Å². The van der Waals surface area contributed by atoms with Gasteiger partial charge in [0.2, 0.25) is 11.8 Å². The highest BCUT2D eigenvalue weighted by molar-refractivity contribution is 6.36. The fourth-order valence-corrected chi connectivity index (χ4v) is 4.20. The molecule has 0 aromatic heterocycles. The SMILES string of the molecule is CCC(C(=O)NCC(C)C)N(Cc1c(Cl)cccc1Cl)C(=O)Cc1c(Cl)cccc1Cl. The Labute approximate surface area is 203 Å². The van der Waals surface area contributed by atoms with Crippen molar-refractivity contribution in [2.45, 2.75) is 46.2 Å². The van der Waals surface area contributed by atoms with Crippen molar-refractivity contribution in [3.05, 3.63) is 67.6 Å². The van der Waals surface area contributed by atoms with Gasteiger partial charge in [0.25, 0.3) is 0 Å². The van der Waals surface area contributed by atoms with Crippen molar-refractivity contribution in [3.8, 4) is 0 Å². The molecule has 0 saturated carbocycles. The van der Waals surface area contributed by atoms with E-state index in [1.807, 2.05) is 20.8 Å². The molecule has 0 spiro atoms. The van der Waals surface area contributed by atoms with Crippen LogP contribution in [0.5, 0.6) is 0 Å². The summed E-state index contributed by atoms with van der Waals surface area (Å²) in [7, 11) is 0. The Kier molecular flexibility index (Phi) is 9.95. The highest BCUT2D eigenvalue weighted by Crippen LogP contribution is 2.29. The van der Waals surface area contributed by atoms with Crippen molar-refractivity contribution in [2.24, 2.45) is 5.92 Å². The van der Waals surface area contributed by atoms with Gasteiger partial charge in [-0.25, -0.2) is 0 Å². The Morgan fingerprint density at radius 2 is 1.39 bits per heavy atom. The lowest BCUT2D eigenvalue weighted by Gasteiger charge is -2.31. The Morgan fingerprint density at radius 1 is 0.903 bits per heavy atom. The van der Waals surface area contributed by atoms with Gasteiger partial charge in [0.15, 0.2) is 0 Å². The lowest BCUT2D eigenvalue weighted by molar-refractivity contribution is -0.141. The van der Waals surface area contributed by atoms with Crippen molar-refractivity contribution in [1.29, 1.82) is 0 Å². The number of carbonyl (C=O) groups excluding carboxylic acids is 2. The van der Waals surface area contributed by atoms with Crippen LogP contribution in [0.2, 0.25) is 20.1 Å². The minimum atomic E-state index is -0.695. The Bertz CT molecular complexity index is 893. The molecule has 2 aromatic carbocycles. The van der Waals surface area contributed by atoms with Crippen molar-refractivity contribution < 1.29 is 9.59 Å². The molecule has 0 heterocycles. The van der Waals surface area contributed by atoms with Gasteiger partial charge in [0, 0.05) is 38.7 Å². The normalized spacial score (nSPS) is 12.0. The van der Waals surface area contributed by atoms with E-state index in [2.05, 4.69) is 5.32 Å². The molecule has 0 radical (unpaired) electrons. The summed E-state index contributed by atoms with van der Waals surface area (Å²) >= 11 is 25.3. The first-order valence-corrected chi connectivity index (χ1v) is 11.6. The smallest absolute Gasteiger partial charge is 0.242 e. The molecule has 31 heavy (non-hydrogen) atoms. The minimum Gasteiger partial charge on any atom is -0.354 e. The monoisotopic (exact) mass is 502 g/mol. The molecule has 8 heteroatoms. The second-order valence-corrected chi connectivity index (χ2v) is 9.29. The third kappa shape index (κ3) is 7.01. The average molecular weight is 504 g/mol. The van der Waals surface area contributed by atoms with Crippen LogP contribution >= 0.6 is 46.4 Å². The molecule has 1 N–H and O–H groups in total. The molecule has 1 unspecified atom stereocenters. The summed E-state index contributed by atoms with van der Waals surface area (Å²) in [4.78, 5) is 27.9. The van der Waals surface area contributed by atoms with Crippen molar-refractivity contribution in [3.63, 3.8) is 0 Å². The lowest BCUT2D eigenvalue weighted by Crippen LogP contribution is -2.50. The molecule has 0 saturated heterocycles. The number of halogens is 4. The fourth-order valence-electron chi connectivity index (χ4n) is 3.15. The first kappa shape index (κ1) is 25.8. The van der Waals surface area contributed by atoms with Crippen LogP contribution in [0.1, 0.15) is 38.3 Å². The molecule has 2 aromatic rings. The molecular formula is C23H26Cl4N2O2. The zero-order valence-electron chi connectivity index (χ0n) is 17.7. The zero-order chi connectivity index (χ0) is 23.1. The molecule has 0 bridgehead atoms. The van der Waals surface area contributed by atoms with Gasteiger partial charge >= 0.3 is 0 Å². The van der Waals surface area contributed by atoms with Crippen molar-refractivity contribution >= 4 is 58.2 Å². The molecule has 0 fully saturated rings. The topological polar surface area (TPSA) is 49.4 Å². The maximum Gasteiger partial charge on any atom is 0.242 e. The summed E-state index contributed by atoms with van der Waals surface area (Å²) in [6.45, 7) is 6.48. The van der Waals surface area contributed by atoms with E-state index in [1.165, 1.54) is 4.90 Å². The number of benzene rings is 2. The Morgan fingerprint density at radius 3 is 1.84 bits per heavy atom. The summed E-state index contributed by atoms with van der Waals surface area (Å²) in [5.74, 6) is -0.235. The number of nitrogens with zero attached hydrogens (tertiary/aromatic N) is 1. The highest BCUT2D eigenvalue weighted by atomic mass is 35.5. The number of nitrogens with one attached hydrogen (secondary N) is 1. The van der Waals surface area contributed by atoms with Gasteiger partial charge in [0.1, 0.15) is 6.04 Å². The number of amides is 2. The average Bonchev–Trinajstić information content (AvgIpc) is 2.71. The first-order valence-electron chi connectivity index (χ1n) is 10.1. The van der Waals surface area contributed by atoms with Crippen LogP contribution in [0.25, 0.3) is 0 Å². The highest BCUT2D eigenvalue weighted by Gasteiger charge is 2.30. The molecule has 0 aliphatic heterocycles. The number of hydrogen-bond donors (Lipinski definition) is 1. The van der Waals surface area contributed by atoms with E-state index in [0.29, 0.717) is 44.2 Å². The number of rotatable bonds is 9. The third-order valence-corrected chi connectivity index (χ3v) is 6.27. The van der Waals surface area contributed by atoms with E-state index in [1.54, 1.807) is 36.4 Å². The fraction of sp³-hybridized carbons (Fsp3) is 0.391. The predicted octanol–water partition coefficient (Wildman–Crippen LogP) is 6.42. The summed E-state index contributed by atoms with van der Waals surface area (Å²) in [6.07, 6.45) is 0.378. The predicted molar refractivity (Wildman–Crippen MR) is 129 cm³/mol. The quantitative estimate of drug-likeness (QED) is 0.429. The Hall–Kier alpha value is -1.46.